The van der Waals surface area contributed by atoms with Crippen LogP contribution in [0.4, 0.5) is 4.39 Å². The van der Waals surface area contributed by atoms with Crippen LogP contribution in [0.1, 0.15) is 48.1 Å². The normalized spacial score (nSPS) is 27.2. The molecule has 2 saturated heterocycles. The van der Waals surface area contributed by atoms with E-state index in [0.29, 0.717) is 43.7 Å². The molecule has 2 heterocycles. The zero-order chi connectivity index (χ0) is 24.3. The van der Waals surface area contributed by atoms with Crippen molar-refractivity contribution in [1.29, 1.82) is 0 Å². The number of ether oxygens (including phenoxy) is 1. The fourth-order valence-corrected chi connectivity index (χ4v) is 7.86. The molecule has 6 nitrogen and oxygen atoms in total. The van der Waals surface area contributed by atoms with Gasteiger partial charge >= 0.3 is 0 Å². The van der Waals surface area contributed by atoms with Crippen molar-refractivity contribution in [3.63, 3.8) is 0 Å². The second kappa shape index (κ2) is 10.4. The monoisotopic (exact) mass is 491 g/mol. The molecule has 0 saturated carbocycles. The molecule has 2 aromatic rings. The second-order valence-corrected chi connectivity index (χ2v) is 11.9. The van der Waals surface area contributed by atoms with Crippen LogP contribution < -0.4 is 5.32 Å². The van der Waals surface area contributed by atoms with Crippen molar-refractivity contribution in [1.82, 2.24) is 5.32 Å². The molecule has 34 heavy (non-hydrogen) atoms. The lowest BCUT2D eigenvalue weighted by molar-refractivity contribution is -0.0242. The Bertz CT molecular complexity index is 1070. The minimum atomic E-state index is -3.56. The molecule has 0 amide bonds. The zero-order valence-corrected chi connectivity index (χ0v) is 20.3. The fraction of sp³-hybridized carbons (Fsp3) is 0.538. The topological polar surface area (TPSA) is 95.9 Å². The van der Waals surface area contributed by atoms with Gasteiger partial charge in [-0.3, -0.25) is 0 Å². The third-order valence-corrected chi connectivity index (χ3v) is 10.3. The van der Waals surface area contributed by atoms with Crippen molar-refractivity contribution in [3.05, 3.63) is 71.0 Å². The third-order valence-electron chi connectivity index (χ3n) is 7.65. The first-order valence-corrected chi connectivity index (χ1v) is 13.6. The molecule has 1 unspecified atom stereocenters. The van der Waals surface area contributed by atoms with E-state index < -0.39 is 37.7 Å². The first-order chi connectivity index (χ1) is 16.3. The highest BCUT2D eigenvalue weighted by molar-refractivity contribution is 7.92. The second-order valence-electron chi connectivity index (χ2n) is 9.53. The number of rotatable bonds is 7. The van der Waals surface area contributed by atoms with Gasteiger partial charge in [-0.1, -0.05) is 42.5 Å². The molecule has 0 bridgehead atoms. The zero-order valence-electron chi connectivity index (χ0n) is 19.5. The maximum absolute atomic E-state index is 15.4. The van der Waals surface area contributed by atoms with E-state index in [4.69, 9.17) is 4.74 Å². The van der Waals surface area contributed by atoms with Crippen LogP contribution in [0.25, 0.3) is 0 Å². The Hall–Kier alpha value is -1.84. The number of halogens is 1. The lowest BCUT2D eigenvalue weighted by Gasteiger charge is -2.41. The summed E-state index contributed by atoms with van der Waals surface area (Å²) >= 11 is 0. The highest BCUT2D eigenvalue weighted by Crippen LogP contribution is 2.40. The van der Waals surface area contributed by atoms with E-state index in [1.54, 1.807) is 12.1 Å². The van der Waals surface area contributed by atoms with Gasteiger partial charge in [-0.15, -0.1) is 0 Å². The minimum Gasteiger partial charge on any atom is -0.396 e. The maximum Gasteiger partial charge on any atom is 0.163 e. The number of hydrogen-bond acceptors (Lipinski definition) is 6. The molecule has 8 heteroatoms. The molecule has 0 aromatic heterocycles. The number of sulfone groups is 1. The molecule has 0 spiro atoms. The number of benzene rings is 2. The Kier molecular flexibility index (Phi) is 7.74. The molecule has 2 fully saturated rings. The Morgan fingerprint density at radius 3 is 2.53 bits per heavy atom. The molecule has 186 valence electrons. The van der Waals surface area contributed by atoms with Crippen LogP contribution in [-0.4, -0.2) is 62.4 Å². The van der Waals surface area contributed by atoms with Gasteiger partial charge < -0.3 is 20.3 Å². The van der Waals surface area contributed by atoms with Crippen LogP contribution in [0.2, 0.25) is 0 Å². The molecular weight excluding hydrogens is 457 g/mol. The van der Waals surface area contributed by atoms with Crippen molar-refractivity contribution in [3.8, 4) is 0 Å². The number of aliphatic hydroxyl groups is 2. The van der Waals surface area contributed by atoms with Crippen LogP contribution in [0.5, 0.6) is 0 Å². The van der Waals surface area contributed by atoms with E-state index in [2.05, 4.69) is 5.32 Å². The smallest absolute Gasteiger partial charge is 0.163 e. The van der Waals surface area contributed by atoms with Crippen LogP contribution >= 0.6 is 0 Å². The Morgan fingerprint density at radius 2 is 1.88 bits per heavy atom. The van der Waals surface area contributed by atoms with Gasteiger partial charge in [-0.05, 0) is 55.4 Å². The van der Waals surface area contributed by atoms with Gasteiger partial charge in [0, 0.05) is 37.8 Å². The summed E-state index contributed by atoms with van der Waals surface area (Å²) in [5, 5.41) is 22.0. The summed E-state index contributed by atoms with van der Waals surface area (Å²) in [6.45, 7) is 2.92. The van der Waals surface area contributed by atoms with E-state index in [9.17, 15) is 18.6 Å². The summed E-state index contributed by atoms with van der Waals surface area (Å²) in [5.41, 5.74) is 1.06. The first-order valence-electron chi connectivity index (χ1n) is 12.0. The summed E-state index contributed by atoms with van der Waals surface area (Å²) < 4.78 is 47.9. The summed E-state index contributed by atoms with van der Waals surface area (Å²) in [5.74, 6) is -0.469. The van der Waals surface area contributed by atoms with E-state index in [-0.39, 0.29) is 25.5 Å². The molecular formula is C26H34FNO5S. The van der Waals surface area contributed by atoms with Gasteiger partial charge in [-0.2, -0.15) is 0 Å². The number of aliphatic hydroxyl groups excluding tert-OH is 2. The van der Waals surface area contributed by atoms with E-state index in [1.807, 2.05) is 37.3 Å². The molecule has 4 rings (SSSR count). The van der Waals surface area contributed by atoms with E-state index >= 15 is 4.39 Å². The SMILES string of the molecule is C[C@@H]1NC[C@@H](c2ccccc2)S(=O)(=O)C1Cc1ccc(C2([C@@H](O)CCO)CCOCC2)cc1F. The van der Waals surface area contributed by atoms with Crippen LogP contribution in [0.15, 0.2) is 48.5 Å². The average molecular weight is 492 g/mol. The van der Waals surface area contributed by atoms with Crippen LogP contribution in [-0.2, 0) is 26.4 Å². The molecule has 2 aliphatic rings. The van der Waals surface area contributed by atoms with Gasteiger partial charge in [0.2, 0.25) is 0 Å². The number of nitrogens with one attached hydrogen (secondary N) is 1. The van der Waals surface area contributed by atoms with Gasteiger partial charge in [0.25, 0.3) is 0 Å². The average Bonchev–Trinajstić information content (AvgIpc) is 2.83. The molecule has 0 radical (unpaired) electrons. The lowest BCUT2D eigenvalue weighted by atomic mass is 9.69. The summed E-state index contributed by atoms with van der Waals surface area (Å²) in [6, 6.07) is 13.7. The number of hydrogen-bond donors (Lipinski definition) is 3. The van der Waals surface area contributed by atoms with E-state index in [0.717, 1.165) is 5.56 Å². The minimum absolute atomic E-state index is 0.0707. The van der Waals surface area contributed by atoms with Gasteiger partial charge in [0.05, 0.1) is 16.6 Å². The van der Waals surface area contributed by atoms with Gasteiger partial charge in [0.1, 0.15) is 5.82 Å². The largest absolute Gasteiger partial charge is 0.396 e. The highest BCUT2D eigenvalue weighted by atomic mass is 32.2. The van der Waals surface area contributed by atoms with Crippen LogP contribution in [0, 0.1) is 5.82 Å². The van der Waals surface area contributed by atoms with Gasteiger partial charge in [-0.25, -0.2) is 12.8 Å². The summed E-state index contributed by atoms with van der Waals surface area (Å²) in [4.78, 5) is 0. The quantitative estimate of drug-likeness (QED) is 0.551. The lowest BCUT2D eigenvalue weighted by Crippen LogP contribution is -2.53. The molecule has 0 aliphatic carbocycles. The van der Waals surface area contributed by atoms with Crippen molar-refractivity contribution >= 4 is 9.84 Å². The highest BCUT2D eigenvalue weighted by Gasteiger charge is 2.44. The maximum atomic E-state index is 15.4. The predicted octanol–water partition coefficient (Wildman–Crippen LogP) is 2.68. The summed E-state index contributed by atoms with van der Waals surface area (Å²) in [6.07, 6.45) is 0.517. The standard InChI is InChI=1S/C26H34FNO5S/c1-18-23(34(31,32)24(17-28-18)19-5-3-2-4-6-19)15-20-7-8-21(16-22(20)27)26(25(30)9-12-29)10-13-33-14-11-26/h2-8,16,18,23-25,28-30H,9-15,17H2,1H3/t18-,23?,24-,25-/m0/s1. The van der Waals surface area contributed by atoms with Gasteiger partial charge in [0.15, 0.2) is 9.84 Å². The van der Waals surface area contributed by atoms with Crippen molar-refractivity contribution in [2.24, 2.45) is 0 Å². The Morgan fingerprint density at radius 1 is 1.18 bits per heavy atom. The summed E-state index contributed by atoms with van der Waals surface area (Å²) in [7, 11) is -3.56. The van der Waals surface area contributed by atoms with E-state index in [1.165, 1.54) is 6.07 Å². The predicted molar refractivity (Wildman–Crippen MR) is 129 cm³/mol. The Labute approximate surface area is 201 Å². The van der Waals surface area contributed by atoms with Crippen molar-refractivity contribution in [2.75, 3.05) is 26.4 Å². The molecule has 3 N–H and O–H groups in total. The third kappa shape index (κ3) is 4.79. The van der Waals surface area contributed by atoms with Crippen molar-refractivity contribution < 1.29 is 27.8 Å². The van der Waals surface area contributed by atoms with Crippen molar-refractivity contribution in [2.45, 2.75) is 60.7 Å². The molecule has 4 atom stereocenters. The first kappa shape index (κ1) is 25.3. The fourth-order valence-electron chi connectivity index (χ4n) is 5.49. The molecule has 2 aliphatic heterocycles. The Balaban J connectivity index is 1.61. The van der Waals surface area contributed by atoms with Crippen LogP contribution in [0.3, 0.4) is 0 Å². The molecule has 2 aromatic carbocycles.